The fourth-order valence-electron chi connectivity index (χ4n) is 1.17. The number of halogens is 3. The zero-order valence-electron chi connectivity index (χ0n) is 9.11. The molecule has 0 amide bonds. The molecule has 0 spiro atoms. The SMILES string of the molecule is O=C(O)CCC(=O)OCC1COC(C(Cl)(Cl)Cl)O1. The van der Waals surface area contributed by atoms with Crippen LogP contribution in [0.1, 0.15) is 12.8 Å². The highest BCUT2D eigenvalue weighted by atomic mass is 35.6. The van der Waals surface area contributed by atoms with Crippen molar-refractivity contribution >= 4 is 46.7 Å². The lowest BCUT2D eigenvalue weighted by Gasteiger charge is -2.18. The summed E-state index contributed by atoms with van der Waals surface area (Å²) in [7, 11) is 0. The summed E-state index contributed by atoms with van der Waals surface area (Å²) in [5, 5.41) is 8.37. The first-order valence-electron chi connectivity index (χ1n) is 5.00. The maximum absolute atomic E-state index is 11.1. The van der Waals surface area contributed by atoms with E-state index in [9.17, 15) is 9.59 Å². The standard InChI is InChI=1S/C9H11Cl3O6/c10-9(11,12)8-17-4-5(18-8)3-16-7(15)2-1-6(13)14/h5,8H,1-4H2,(H,13,14). The molecule has 9 heteroatoms. The van der Waals surface area contributed by atoms with Crippen molar-refractivity contribution in [1.82, 2.24) is 0 Å². The lowest BCUT2D eigenvalue weighted by atomic mass is 10.3. The minimum atomic E-state index is -1.71. The van der Waals surface area contributed by atoms with Crippen molar-refractivity contribution in [2.24, 2.45) is 0 Å². The zero-order valence-corrected chi connectivity index (χ0v) is 11.4. The van der Waals surface area contributed by atoms with Gasteiger partial charge in [-0.2, -0.15) is 0 Å². The lowest BCUT2D eigenvalue weighted by Crippen LogP contribution is -2.28. The molecule has 6 nitrogen and oxygen atoms in total. The second-order valence-corrected chi connectivity index (χ2v) is 5.91. The van der Waals surface area contributed by atoms with E-state index in [1.165, 1.54) is 0 Å². The predicted molar refractivity (Wildman–Crippen MR) is 62.7 cm³/mol. The molecule has 104 valence electrons. The number of ether oxygens (including phenoxy) is 3. The second-order valence-electron chi connectivity index (χ2n) is 3.54. The van der Waals surface area contributed by atoms with Crippen LogP contribution in [0.2, 0.25) is 0 Å². The molecule has 0 aromatic rings. The molecule has 0 radical (unpaired) electrons. The molecule has 0 aromatic heterocycles. The average molecular weight is 322 g/mol. The highest BCUT2D eigenvalue weighted by molar-refractivity contribution is 6.67. The molecule has 0 aromatic carbocycles. The molecular formula is C9H11Cl3O6. The fourth-order valence-corrected chi connectivity index (χ4v) is 1.52. The van der Waals surface area contributed by atoms with Crippen molar-refractivity contribution in [1.29, 1.82) is 0 Å². The minimum absolute atomic E-state index is 0.0737. The Labute approximate surface area is 118 Å². The van der Waals surface area contributed by atoms with Gasteiger partial charge in [0.2, 0.25) is 10.1 Å². The van der Waals surface area contributed by atoms with E-state index >= 15 is 0 Å². The number of carbonyl (C=O) groups excluding carboxylic acids is 1. The molecule has 1 N–H and O–H groups in total. The van der Waals surface area contributed by atoms with Crippen LogP contribution < -0.4 is 0 Å². The van der Waals surface area contributed by atoms with Gasteiger partial charge < -0.3 is 19.3 Å². The van der Waals surface area contributed by atoms with Crippen LogP contribution in [0.15, 0.2) is 0 Å². The number of hydrogen-bond donors (Lipinski definition) is 1. The van der Waals surface area contributed by atoms with Gasteiger partial charge in [0, 0.05) is 0 Å². The van der Waals surface area contributed by atoms with E-state index in [4.69, 9.17) is 54.1 Å². The van der Waals surface area contributed by atoms with Crippen LogP contribution in [-0.2, 0) is 23.8 Å². The van der Waals surface area contributed by atoms with Gasteiger partial charge in [0.05, 0.1) is 19.4 Å². The van der Waals surface area contributed by atoms with E-state index in [1.54, 1.807) is 0 Å². The molecule has 2 atom stereocenters. The number of aliphatic carboxylic acids is 1. The first kappa shape index (κ1) is 15.8. The summed E-state index contributed by atoms with van der Waals surface area (Å²) in [6.45, 7) is 0.0560. The van der Waals surface area contributed by atoms with Gasteiger partial charge in [-0.1, -0.05) is 34.8 Å². The summed E-state index contributed by atoms with van der Waals surface area (Å²) >= 11 is 16.7. The highest BCUT2D eigenvalue weighted by Gasteiger charge is 2.41. The number of alkyl halides is 3. The third kappa shape index (κ3) is 5.58. The number of carboxylic acid groups (broad SMARTS) is 1. The third-order valence-corrected chi connectivity index (χ3v) is 2.52. The molecule has 0 bridgehead atoms. The van der Waals surface area contributed by atoms with Crippen molar-refractivity contribution in [3.8, 4) is 0 Å². The van der Waals surface area contributed by atoms with Gasteiger partial charge in [0.15, 0.2) is 0 Å². The maximum Gasteiger partial charge on any atom is 0.306 e. The van der Waals surface area contributed by atoms with Crippen LogP contribution >= 0.6 is 34.8 Å². The van der Waals surface area contributed by atoms with Crippen LogP contribution in [-0.4, -0.2) is 46.4 Å². The zero-order chi connectivity index (χ0) is 13.8. The molecule has 1 aliphatic heterocycles. The first-order valence-corrected chi connectivity index (χ1v) is 6.13. The summed E-state index contributed by atoms with van der Waals surface area (Å²) in [4.78, 5) is 21.3. The second kappa shape index (κ2) is 6.77. The van der Waals surface area contributed by atoms with E-state index in [0.717, 1.165) is 0 Å². The molecule has 1 rings (SSSR count). The summed E-state index contributed by atoms with van der Waals surface area (Å²) in [6.07, 6.45) is -2.02. The van der Waals surface area contributed by atoms with Crippen LogP contribution in [0.3, 0.4) is 0 Å². The van der Waals surface area contributed by atoms with Crippen LogP contribution in [0.4, 0.5) is 0 Å². The Hall–Kier alpha value is -0.270. The summed E-state index contributed by atoms with van der Waals surface area (Å²) < 4.78 is 13.3. The van der Waals surface area contributed by atoms with Crippen LogP contribution in [0.5, 0.6) is 0 Å². The maximum atomic E-state index is 11.1. The molecule has 1 saturated heterocycles. The van der Waals surface area contributed by atoms with Gasteiger partial charge >= 0.3 is 11.9 Å². The molecule has 1 fully saturated rings. The smallest absolute Gasteiger partial charge is 0.306 e. The molecular weight excluding hydrogens is 310 g/mol. The Kier molecular flexibility index (Phi) is 5.94. The fraction of sp³-hybridized carbons (Fsp3) is 0.778. The predicted octanol–water partition coefficient (Wildman–Crippen LogP) is 1.51. The number of carboxylic acids is 1. The van der Waals surface area contributed by atoms with Crippen molar-refractivity contribution in [2.45, 2.75) is 29.0 Å². The molecule has 0 saturated carbocycles. The summed E-state index contributed by atoms with van der Waals surface area (Å²) in [5.74, 6) is -1.69. The summed E-state index contributed by atoms with van der Waals surface area (Å²) in [6, 6.07) is 0. The molecule has 1 heterocycles. The monoisotopic (exact) mass is 320 g/mol. The van der Waals surface area contributed by atoms with E-state index in [1.807, 2.05) is 0 Å². The quantitative estimate of drug-likeness (QED) is 0.610. The van der Waals surface area contributed by atoms with E-state index in [0.29, 0.717) is 0 Å². The van der Waals surface area contributed by atoms with Gasteiger partial charge in [-0.15, -0.1) is 0 Å². The van der Waals surface area contributed by atoms with Gasteiger partial charge in [-0.05, 0) is 0 Å². The van der Waals surface area contributed by atoms with Crippen molar-refractivity contribution < 1.29 is 28.9 Å². The van der Waals surface area contributed by atoms with E-state index in [-0.39, 0.29) is 26.1 Å². The number of carbonyl (C=O) groups is 2. The summed E-state index contributed by atoms with van der Waals surface area (Å²) in [5.41, 5.74) is 0. The van der Waals surface area contributed by atoms with Crippen molar-refractivity contribution in [2.75, 3.05) is 13.2 Å². The minimum Gasteiger partial charge on any atom is -0.481 e. The number of hydrogen-bond acceptors (Lipinski definition) is 5. The van der Waals surface area contributed by atoms with Gasteiger partial charge in [0.1, 0.15) is 12.7 Å². The number of rotatable bonds is 5. The van der Waals surface area contributed by atoms with Crippen molar-refractivity contribution in [3.05, 3.63) is 0 Å². The van der Waals surface area contributed by atoms with Crippen LogP contribution in [0, 0.1) is 0 Å². The Morgan fingerprint density at radius 3 is 2.50 bits per heavy atom. The molecule has 18 heavy (non-hydrogen) atoms. The first-order chi connectivity index (χ1) is 8.29. The average Bonchev–Trinajstić information content (AvgIpc) is 2.71. The van der Waals surface area contributed by atoms with Crippen molar-refractivity contribution in [3.63, 3.8) is 0 Å². The van der Waals surface area contributed by atoms with Crippen LogP contribution in [0.25, 0.3) is 0 Å². The normalized spacial score (nSPS) is 23.9. The molecule has 1 aliphatic rings. The van der Waals surface area contributed by atoms with Gasteiger partial charge in [-0.3, -0.25) is 9.59 Å². The number of esters is 1. The van der Waals surface area contributed by atoms with Gasteiger partial charge in [0.25, 0.3) is 0 Å². The van der Waals surface area contributed by atoms with E-state index < -0.39 is 28.1 Å². The van der Waals surface area contributed by atoms with E-state index in [2.05, 4.69) is 0 Å². The lowest BCUT2D eigenvalue weighted by molar-refractivity contribution is -0.150. The molecule has 2 unspecified atom stereocenters. The molecule has 0 aliphatic carbocycles. The largest absolute Gasteiger partial charge is 0.481 e. The Morgan fingerprint density at radius 1 is 1.33 bits per heavy atom. The Morgan fingerprint density at radius 2 is 2.00 bits per heavy atom. The Balaban J connectivity index is 2.21. The highest BCUT2D eigenvalue weighted by Crippen LogP contribution is 2.36. The van der Waals surface area contributed by atoms with Gasteiger partial charge in [-0.25, -0.2) is 0 Å². The Bertz CT molecular complexity index is 316. The third-order valence-electron chi connectivity index (χ3n) is 1.99. The topological polar surface area (TPSA) is 82.1 Å².